The minimum atomic E-state index is -0.121. The van der Waals surface area contributed by atoms with Crippen molar-refractivity contribution in [2.45, 2.75) is 70.1 Å². The zero-order valence-corrected chi connectivity index (χ0v) is 13.0. The van der Waals surface area contributed by atoms with Crippen molar-refractivity contribution < 1.29 is 4.39 Å². The molecule has 1 aromatic carbocycles. The van der Waals surface area contributed by atoms with Crippen LogP contribution < -0.4 is 0 Å². The summed E-state index contributed by atoms with van der Waals surface area (Å²) in [4.78, 5) is 0. The fourth-order valence-corrected chi connectivity index (χ4v) is 4.18. The fraction of sp³-hybridized carbons (Fsp3) is 0.600. The molecule has 0 radical (unpaired) electrons. The van der Waals surface area contributed by atoms with Gasteiger partial charge < -0.3 is 0 Å². The molecular weight excluding hydrogens is 259 g/mol. The molecule has 0 aromatic heterocycles. The maximum absolute atomic E-state index is 13.0. The fourth-order valence-electron chi connectivity index (χ4n) is 4.18. The predicted molar refractivity (Wildman–Crippen MR) is 86.9 cm³/mol. The molecule has 2 aliphatic rings. The van der Waals surface area contributed by atoms with Gasteiger partial charge in [0.2, 0.25) is 0 Å². The van der Waals surface area contributed by atoms with Crippen LogP contribution in [0, 0.1) is 11.7 Å². The van der Waals surface area contributed by atoms with Gasteiger partial charge >= 0.3 is 0 Å². The standard InChI is InChI=1S/C20H27F/c21-20-14-12-19(13-15-20)18-10-4-8-17(9-5-11-18)16-6-2-1-3-7-16/h8,12-16,18H,1-7,9-11H2/b17-8+. The molecule has 0 bridgehead atoms. The van der Waals surface area contributed by atoms with Crippen LogP contribution in [0.15, 0.2) is 35.9 Å². The Morgan fingerprint density at radius 3 is 2.24 bits per heavy atom. The monoisotopic (exact) mass is 286 g/mol. The van der Waals surface area contributed by atoms with E-state index in [1.165, 1.54) is 69.8 Å². The van der Waals surface area contributed by atoms with Crippen LogP contribution in [0.4, 0.5) is 4.39 Å². The van der Waals surface area contributed by atoms with Gasteiger partial charge in [-0.15, -0.1) is 0 Å². The van der Waals surface area contributed by atoms with Crippen LogP contribution in [0.1, 0.15) is 75.7 Å². The van der Waals surface area contributed by atoms with E-state index in [4.69, 9.17) is 0 Å². The van der Waals surface area contributed by atoms with Crippen molar-refractivity contribution in [3.8, 4) is 0 Å². The molecule has 1 atom stereocenters. The number of halogens is 1. The molecule has 0 N–H and O–H groups in total. The highest BCUT2D eigenvalue weighted by atomic mass is 19.1. The molecule has 21 heavy (non-hydrogen) atoms. The lowest BCUT2D eigenvalue weighted by atomic mass is 9.78. The predicted octanol–water partition coefficient (Wildman–Crippen LogP) is 6.38. The number of allylic oxidation sites excluding steroid dienone is 2. The van der Waals surface area contributed by atoms with Crippen molar-refractivity contribution in [2.24, 2.45) is 5.92 Å². The molecule has 0 spiro atoms. The molecule has 1 aromatic rings. The van der Waals surface area contributed by atoms with Crippen LogP contribution in [-0.4, -0.2) is 0 Å². The van der Waals surface area contributed by atoms with E-state index in [1.54, 1.807) is 17.7 Å². The summed E-state index contributed by atoms with van der Waals surface area (Å²) in [6.07, 6.45) is 16.0. The molecule has 0 nitrogen and oxygen atoms in total. The van der Waals surface area contributed by atoms with Crippen molar-refractivity contribution >= 4 is 0 Å². The van der Waals surface area contributed by atoms with Crippen molar-refractivity contribution in [3.63, 3.8) is 0 Å². The second-order valence-corrected chi connectivity index (χ2v) is 6.83. The maximum atomic E-state index is 13.0. The second kappa shape index (κ2) is 7.24. The first-order valence-corrected chi connectivity index (χ1v) is 8.77. The molecule has 3 rings (SSSR count). The summed E-state index contributed by atoms with van der Waals surface area (Å²) >= 11 is 0. The molecule has 1 fully saturated rings. The lowest BCUT2D eigenvalue weighted by Gasteiger charge is -2.27. The Bertz CT molecular complexity index is 465. The summed E-state index contributed by atoms with van der Waals surface area (Å²) in [5.41, 5.74) is 3.08. The first-order valence-electron chi connectivity index (χ1n) is 8.77. The Labute approximate surface area is 128 Å². The van der Waals surface area contributed by atoms with Crippen molar-refractivity contribution in [3.05, 3.63) is 47.3 Å². The molecule has 0 heterocycles. The van der Waals surface area contributed by atoms with E-state index in [2.05, 4.69) is 6.08 Å². The van der Waals surface area contributed by atoms with Gasteiger partial charge in [0.05, 0.1) is 0 Å². The maximum Gasteiger partial charge on any atom is 0.123 e. The highest BCUT2D eigenvalue weighted by Crippen LogP contribution is 2.36. The van der Waals surface area contributed by atoms with Crippen LogP contribution in [-0.2, 0) is 0 Å². The molecule has 0 amide bonds. The van der Waals surface area contributed by atoms with Gasteiger partial charge in [-0.2, -0.15) is 0 Å². The SMILES string of the molecule is Fc1ccc(C2CC/C=C(/C3CCCCC3)CCC2)cc1. The van der Waals surface area contributed by atoms with Crippen LogP contribution in [0.25, 0.3) is 0 Å². The zero-order valence-electron chi connectivity index (χ0n) is 13.0. The highest BCUT2D eigenvalue weighted by Gasteiger charge is 2.20. The summed E-state index contributed by atoms with van der Waals surface area (Å²) < 4.78 is 13.0. The Kier molecular flexibility index (Phi) is 5.11. The van der Waals surface area contributed by atoms with Gasteiger partial charge in [0, 0.05) is 0 Å². The van der Waals surface area contributed by atoms with E-state index in [9.17, 15) is 4.39 Å². The Hall–Kier alpha value is -1.11. The largest absolute Gasteiger partial charge is 0.207 e. The van der Waals surface area contributed by atoms with Gasteiger partial charge in [0.1, 0.15) is 5.82 Å². The molecule has 2 aliphatic carbocycles. The van der Waals surface area contributed by atoms with Crippen molar-refractivity contribution in [1.82, 2.24) is 0 Å². The third-order valence-corrected chi connectivity index (χ3v) is 5.41. The van der Waals surface area contributed by atoms with E-state index in [0.29, 0.717) is 5.92 Å². The quantitative estimate of drug-likeness (QED) is 0.553. The summed E-state index contributed by atoms with van der Waals surface area (Å²) in [7, 11) is 0. The lowest BCUT2D eigenvalue weighted by Crippen LogP contribution is -2.11. The van der Waals surface area contributed by atoms with Crippen LogP contribution in [0.5, 0.6) is 0 Å². The number of hydrogen-bond acceptors (Lipinski definition) is 0. The first-order chi connectivity index (χ1) is 10.3. The van der Waals surface area contributed by atoms with Crippen LogP contribution in [0.2, 0.25) is 0 Å². The molecule has 114 valence electrons. The van der Waals surface area contributed by atoms with Gasteiger partial charge in [-0.05, 0) is 74.5 Å². The summed E-state index contributed by atoms with van der Waals surface area (Å²) in [6.45, 7) is 0. The summed E-state index contributed by atoms with van der Waals surface area (Å²) in [6, 6.07) is 7.18. The average Bonchev–Trinajstić information content (AvgIpc) is 2.49. The van der Waals surface area contributed by atoms with Gasteiger partial charge in [-0.25, -0.2) is 4.39 Å². The minimum absolute atomic E-state index is 0.121. The van der Waals surface area contributed by atoms with Gasteiger partial charge in [0.15, 0.2) is 0 Å². The topological polar surface area (TPSA) is 0 Å². The zero-order chi connectivity index (χ0) is 14.5. The third-order valence-electron chi connectivity index (χ3n) is 5.41. The number of benzene rings is 1. The van der Waals surface area contributed by atoms with Gasteiger partial charge in [-0.3, -0.25) is 0 Å². The highest BCUT2D eigenvalue weighted by molar-refractivity contribution is 5.21. The van der Waals surface area contributed by atoms with E-state index < -0.39 is 0 Å². The summed E-state index contributed by atoms with van der Waals surface area (Å²) in [5, 5.41) is 0. The Morgan fingerprint density at radius 1 is 0.762 bits per heavy atom. The second-order valence-electron chi connectivity index (χ2n) is 6.83. The van der Waals surface area contributed by atoms with Crippen molar-refractivity contribution in [2.75, 3.05) is 0 Å². The van der Waals surface area contributed by atoms with Crippen molar-refractivity contribution in [1.29, 1.82) is 0 Å². The van der Waals surface area contributed by atoms with Crippen LogP contribution >= 0.6 is 0 Å². The third kappa shape index (κ3) is 3.96. The Morgan fingerprint density at radius 2 is 1.48 bits per heavy atom. The normalized spacial score (nSPS) is 27.5. The molecule has 1 saturated carbocycles. The molecule has 1 unspecified atom stereocenters. The van der Waals surface area contributed by atoms with Crippen LogP contribution in [0.3, 0.4) is 0 Å². The number of rotatable bonds is 2. The van der Waals surface area contributed by atoms with E-state index in [-0.39, 0.29) is 5.82 Å². The Balaban J connectivity index is 1.62. The number of hydrogen-bond donors (Lipinski definition) is 0. The van der Waals surface area contributed by atoms with E-state index in [0.717, 1.165) is 5.92 Å². The average molecular weight is 286 g/mol. The molecular formula is C20H27F. The van der Waals surface area contributed by atoms with Gasteiger partial charge in [0.25, 0.3) is 0 Å². The lowest BCUT2D eigenvalue weighted by molar-refractivity contribution is 0.386. The molecule has 0 aliphatic heterocycles. The minimum Gasteiger partial charge on any atom is -0.207 e. The van der Waals surface area contributed by atoms with E-state index in [1.807, 2.05) is 12.1 Å². The molecule has 1 heteroatoms. The summed E-state index contributed by atoms with van der Waals surface area (Å²) in [5.74, 6) is 1.39. The molecule has 0 saturated heterocycles. The first kappa shape index (κ1) is 14.8. The van der Waals surface area contributed by atoms with Gasteiger partial charge in [-0.1, -0.05) is 43.0 Å². The smallest absolute Gasteiger partial charge is 0.123 e. The van der Waals surface area contributed by atoms with E-state index >= 15 is 0 Å².